The Morgan fingerprint density at radius 3 is 1.64 bits per heavy atom. The molecule has 0 aliphatic rings. The highest BCUT2D eigenvalue weighted by atomic mass is 31.2. The van der Waals surface area contributed by atoms with Gasteiger partial charge < -0.3 is 9.30 Å². The third kappa shape index (κ3) is 5.88. The summed E-state index contributed by atoms with van der Waals surface area (Å²) in [6.07, 6.45) is 1.09. The maximum atomic E-state index is 14.6. The molecule has 33 heavy (non-hydrogen) atoms. The Balaban J connectivity index is 1.63. The molecule has 4 aromatic rings. The molecule has 0 saturated heterocycles. The van der Waals surface area contributed by atoms with Crippen LogP contribution in [0.25, 0.3) is 0 Å². The normalized spacial score (nSPS) is 12.1. The molecule has 0 aromatic heterocycles. The molecule has 0 spiro atoms. The molecule has 4 aromatic carbocycles. The summed E-state index contributed by atoms with van der Waals surface area (Å²) in [7, 11) is -2.94. The summed E-state index contributed by atoms with van der Waals surface area (Å²) in [5.74, 6) is -0.464. The monoisotopic (exact) mass is 454 g/mol. The smallest absolute Gasteiger partial charge is 0.338 e. The van der Waals surface area contributed by atoms with Crippen molar-refractivity contribution in [3.63, 3.8) is 0 Å². The molecular weight excluding hydrogens is 427 g/mol. The topological polar surface area (TPSA) is 43.4 Å². The van der Waals surface area contributed by atoms with Gasteiger partial charge >= 0.3 is 5.97 Å². The van der Waals surface area contributed by atoms with E-state index in [9.17, 15) is 9.36 Å². The average Bonchev–Trinajstić information content (AvgIpc) is 2.89. The number of carbonyl (C=O) groups is 1. The van der Waals surface area contributed by atoms with Gasteiger partial charge in [0.25, 0.3) is 0 Å². The Hall–Kier alpha value is -3.42. The molecule has 0 fully saturated rings. The summed E-state index contributed by atoms with van der Waals surface area (Å²) in [6.45, 7) is 0.201. The van der Waals surface area contributed by atoms with Gasteiger partial charge in [0, 0.05) is 22.7 Å². The molecular formula is C29H27O3P. The Labute approximate surface area is 195 Å². The molecule has 0 bridgehead atoms. The lowest BCUT2D eigenvalue weighted by molar-refractivity contribution is 0.0451. The van der Waals surface area contributed by atoms with Gasteiger partial charge in [0.2, 0.25) is 0 Å². The highest BCUT2D eigenvalue weighted by molar-refractivity contribution is 7.78. The number of carbonyl (C=O) groups excluding carboxylic acids is 1. The number of esters is 1. The second-order valence-corrected chi connectivity index (χ2v) is 11.0. The van der Waals surface area contributed by atoms with Crippen LogP contribution < -0.4 is 10.6 Å². The van der Waals surface area contributed by atoms with Gasteiger partial charge in [-0.05, 0) is 24.1 Å². The predicted octanol–water partition coefficient (Wildman–Crippen LogP) is 5.72. The van der Waals surface area contributed by atoms with Crippen molar-refractivity contribution in [2.24, 2.45) is 5.92 Å². The molecule has 4 heteroatoms. The summed E-state index contributed by atoms with van der Waals surface area (Å²) in [6, 6.07) is 38.4. The van der Waals surface area contributed by atoms with E-state index in [0.717, 1.165) is 16.2 Å². The van der Waals surface area contributed by atoms with E-state index in [1.807, 2.05) is 97.1 Å². The van der Waals surface area contributed by atoms with E-state index >= 15 is 0 Å². The standard InChI is InChI=1S/C29H27O3P/c30-29(26-15-7-2-8-16-26)32-22-25(21-24-13-5-1-6-14-24)23-33(31,27-17-9-3-10-18-27)28-19-11-4-12-20-28/h1-20,25H,21-23H2. The van der Waals surface area contributed by atoms with Crippen molar-refractivity contribution >= 4 is 23.7 Å². The zero-order chi connectivity index (χ0) is 22.9. The number of ether oxygens (including phenoxy) is 1. The van der Waals surface area contributed by atoms with Crippen molar-refractivity contribution in [3.8, 4) is 0 Å². The minimum absolute atomic E-state index is 0.105. The van der Waals surface area contributed by atoms with Crippen molar-refractivity contribution in [1.29, 1.82) is 0 Å². The largest absolute Gasteiger partial charge is 0.462 e. The third-order valence-corrected chi connectivity index (χ3v) is 8.98. The average molecular weight is 455 g/mol. The van der Waals surface area contributed by atoms with Gasteiger partial charge in [0.1, 0.15) is 7.14 Å². The van der Waals surface area contributed by atoms with Gasteiger partial charge in [0.05, 0.1) is 12.2 Å². The zero-order valence-corrected chi connectivity index (χ0v) is 19.3. The van der Waals surface area contributed by atoms with Crippen LogP contribution in [0.15, 0.2) is 121 Å². The molecule has 166 valence electrons. The van der Waals surface area contributed by atoms with Crippen molar-refractivity contribution in [2.75, 3.05) is 12.8 Å². The Bertz CT molecular complexity index is 1150. The lowest BCUT2D eigenvalue weighted by Gasteiger charge is -2.25. The first-order chi connectivity index (χ1) is 16.1. The third-order valence-electron chi connectivity index (χ3n) is 5.69. The lowest BCUT2D eigenvalue weighted by atomic mass is 10.0. The first kappa shape index (κ1) is 22.8. The summed E-state index contributed by atoms with van der Waals surface area (Å²) in [4.78, 5) is 12.6. The molecule has 3 nitrogen and oxygen atoms in total. The summed E-state index contributed by atoms with van der Waals surface area (Å²) in [5.41, 5.74) is 1.65. The van der Waals surface area contributed by atoms with E-state index in [0.29, 0.717) is 18.1 Å². The van der Waals surface area contributed by atoms with E-state index in [1.165, 1.54) is 0 Å². The number of rotatable bonds is 9. The SMILES string of the molecule is O=C(OCC(Cc1ccccc1)CP(=O)(c1ccccc1)c1ccccc1)c1ccccc1. The molecule has 1 unspecified atom stereocenters. The van der Waals surface area contributed by atoms with E-state index in [1.54, 1.807) is 12.1 Å². The molecule has 0 heterocycles. The second-order valence-electron chi connectivity index (χ2n) is 8.11. The fraction of sp³-hybridized carbons (Fsp3) is 0.138. The van der Waals surface area contributed by atoms with Crippen molar-refractivity contribution in [1.82, 2.24) is 0 Å². The highest BCUT2D eigenvalue weighted by Gasteiger charge is 2.31. The first-order valence-electron chi connectivity index (χ1n) is 11.1. The minimum atomic E-state index is -2.94. The Morgan fingerprint density at radius 1 is 0.667 bits per heavy atom. The van der Waals surface area contributed by atoms with Crippen LogP contribution in [0.4, 0.5) is 0 Å². The van der Waals surface area contributed by atoms with Crippen LogP contribution in [0.1, 0.15) is 15.9 Å². The maximum absolute atomic E-state index is 14.6. The van der Waals surface area contributed by atoms with Gasteiger partial charge in [-0.2, -0.15) is 0 Å². The highest BCUT2D eigenvalue weighted by Crippen LogP contribution is 2.45. The zero-order valence-electron chi connectivity index (χ0n) is 18.4. The number of benzene rings is 4. The van der Waals surface area contributed by atoms with Crippen molar-refractivity contribution in [3.05, 3.63) is 132 Å². The van der Waals surface area contributed by atoms with Crippen LogP contribution in [0, 0.1) is 5.92 Å². The van der Waals surface area contributed by atoms with Crippen LogP contribution in [-0.4, -0.2) is 18.7 Å². The molecule has 0 aliphatic carbocycles. The van der Waals surface area contributed by atoms with Gasteiger partial charge in [-0.3, -0.25) is 0 Å². The molecule has 4 rings (SSSR count). The van der Waals surface area contributed by atoms with E-state index in [2.05, 4.69) is 12.1 Å². The first-order valence-corrected chi connectivity index (χ1v) is 13.0. The molecule has 0 N–H and O–H groups in total. The van der Waals surface area contributed by atoms with E-state index in [4.69, 9.17) is 4.74 Å². The minimum Gasteiger partial charge on any atom is -0.462 e. The van der Waals surface area contributed by atoms with Gasteiger partial charge in [-0.25, -0.2) is 4.79 Å². The van der Waals surface area contributed by atoms with Crippen LogP contribution in [0.5, 0.6) is 0 Å². The number of hydrogen-bond donors (Lipinski definition) is 0. The molecule has 0 saturated carbocycles. The molecule has 0 amide bonds. The molecule has 0 radical (unpaired) electrons. The van der Waals surface area contributed by atoms with Crippen molar-refractivity contribution < 1.29 is 14.1 Å². The summed E-state index contributed by atoms with van der Waals surface area (Å²) < 4.78 is 20.3. The Morgan fingerprint density at radius 2 is 1.12 bits per heavy atom. The van der Waals surface area contributed by atoms with Crippen LogP contribution in [0.3, 0.4) is 0 Å². The maximum Gasteiger partial charge on any atom is 0.338 e. The van der Waals surface area contributed by atoms with Gasteiger partial charge in [-0.1, -0.05) is 109 Å². The van der Waals surface area contributed by atoms with Crippen LogP contribution in [-0.2, 0) is 15.7 Å². The predicted molar refractivity (Wildman–Crippen MR) is 135 cm³/mol. The Kier molecular flexibility index (Phi) is 7.55. The van der Waals surface area contributed by atoms with Crippen molar-refractivity contribution in [2.45, 2.75) is 6.42 Å². The summed E-state index contributed by atoms with van der Waals surface area (Å²) >= 11 is 0. The van der Waals surface area contributed by atoms with Gasteiger partial charge in [-0.15, -0.1) is 0 Å². The summed E-state index contributed by atoms with van der Waals surface area (Å²) in [5, 5.41) is 1.65. The molecule has 0 aliphatic heterocycles. The fourth-order valence-electron chi connectivity index (χ4n) is 4.04. The fourth-order valence-corrected chi connectivity index (χ4v) is 7.02. The van der Waals surface area contributed by atoms with Gasteiger partial charge in [0.15, 0.2) is 0 Å². The number of hydrogen-bond acceptors (Lipinski definition) is 3. The van der Waals surface area contributed by atoms with Crippen LogP contribution in [0.2, 0.25) is 0 Å². The van der Waals surface area contributed by atoms with E-state index < -0.39 is 7.14 Å². The lowest BCUT2D eigenvalue weighted by Crippen LogP contribution is -2.26. The molecule has 1 atom stereocenters. The van der Waals surface area contributed by atoms with Crippen LogP contribution >= 0.6 is 7.14 Å². The quantitative estimate of drug-likeness (QED) is 0.240. The second kappa shape index (κ2) is 10.9. The van der Waals surface area contributed by atoms with E-state index in [-0.39, 0.29) is 18.5 Å².